The maximum Gasteiger partial charge on any atom is 0.178 e. The second-order valence-corrected chi connectivity index (χ2v) is 9.99. The first-order valence-corrected chi connectivity index (χ1v) is 10.4. The molecular weight excluding hydrogens is 307 g/mol. The number of hydrogen-bond donors (Lipinski definition) is 0. The van der Waals surface area contributed by atoms with Gasteiger partial charge in [-0.1, -0.05) is 66.7 Å². The lowest BCUT2D eigenvalue weighted by Gasteiger charge is -2.19. The van der Waals surface area contributed by atoms with Crippen molar-refractivity contribution in [3.8, 4) is 0 Å². The predicted octanol–water partition coefficient (Wildman–Crippen LogP) is 5.05. The first kappa shape index (κ1) is 15.3. The number of hydrogen-bond acceptors (Lipinski definition) is 0. The summed E-state index contributed by atoms with van der Waals surface area (Å²) in [4.78, 5) is 0. The summed E-state index contributed by atoms with van der Waals surface area (Å²) in [6.45, 7) is -1.87. The Morgan fingerprint density at radius 2 is 1.00 bits per heavy atom. The molecule has 3 rings (SSSR count). The largest absolute Gasteiger partial charge is 0.178 e. The highest BCUT2D eigenvalue weighted by molar-refractivity contribution is 8.09. The molecule has 0 nitrogen and oxygen atoms in total. The van der Waals surface area contributed by atoms with Crippen LogP contribution < -0.4 is 10.6 Å². The highest BCUT2D eigenvalue weighted by Crippen LogP contribution is 2.61. The Balaban J connectivity index is 1.93. The minimum atomic E-state index is -1.87. The Kier molecular flexibility index (Phi) is 4.93. The van der Waals surface area contributed by atoms with Crippen molar-refractivity contribution < 1.29 is 0 Å². The molecule has 110 valence electrons. The molecule has 0 N–H and O–H groups in total. The first-order chi connectivity index (χ1) is 10.8. The van der Waals surface area contributed by atoms with Gasteiger partial charge in [0, 0.05) is 6.42 Å². The van der Waals surface area contributed by atoms with Crippen molar-refractivity contribution in [2.24, 2.45) is 0 Å². The van der Waals surface area contributed by atoms with Crippen LogP contribution in [0, 0.1) is 0 Å². The SMILES string of the molecule is Cl[P+](CCc1ccccc1)(c1ccccc1)c1ccccc1. The fourth-order valence-corrected chi connectivity index (χ4v) is 6.26. The third kappa shape index (κ3) is 3.40. The Bertz CT molecular complexity index is 656. The maximum absolute atomic E-state index is 7.25. The molecule has 0 aliphatic carbocycles. The van der Waals surface area contributed by atoms with Crippen LogP contribution in [-0.2, 0) is 6.42 Å². The van der Waals surface area contributed by atoms with Gasteiger partial charge in [-0.05, 0) is 29.8 Å². The van der Waals surface area contributed by atoms with Gasteiger partial charge in [0.2, 0.25) is 0 Å². The highest BCUT2D eigenvalue weighted by atomic mass is 35.7. The quantitative estimate of drug-likeness (QED) is 0.576. The van der Waals surface area contributed by atoms with Gasteiger partial charge < -0.3 is 0 Å². The molecule has 2 heteroatoms. The second-order valence-electron chi connectivity index (χ2n) is 5.35. The molecule has 3 aromatic rings. The van der Waals surface area contributed by atoms with E-state index >= 15 is 0 Å². The third-order valence-corrected chi connectivity index (χ3v) is 8.63. The van der Waals surface area contributed by atoms with Gasteiger partial charge in [0.1, 0.15) is 10.6 Å². The van der Waals surface area contributed by atoms with Crippen LogP contribution in [0.4, 0.5) is 0 Å². The molecule has 0 aromatic heterocycles. The Labute approximate surface area is 137 Å². The summed E-state index contributed by atoms with van der Waals surface area (Å²) in [6, 6.07) is 31.7. The van der Waals surface area contributed by atoms with E-state index in [1.807, 2.05) is 12.1 Å². The van der Waals surface area contributed by atoms with Crippen LogP contribution in [0.5, 0.6) is 0 Å². The molecule has 0 heterocycles. The maximum atomic E-state index is 7.25. The summed E-state index contributed by atoms with van der Waals surface area (Å²) in [6.07, 6.45) is 1.98. The summed E-state index contributed by atoms with van der Waals surface area (Å²) in [5, 5.41) is 2.53. The van der Waals surface area contributed by atoms with E-state index in [2.05, 4.69) is 78.9 Å². The van der Waals surface area contributed by atoms with Crippen LogP contribution in [0.2, 0.25) is 0 Å². The van der Waals surface area contributed by atoms with Crippen LogP contribution in [0.3, 0.4) is 0 Å². The van der Waals surface area contributed by atoms with Gasteiger partial charge in [0.15, 0.2) is 6.62 Å². The topological polar surface area (TPSA) is 0 Å². The standard InChI is InChI=1S/C20H19ClP/c21-22(19-12-6-2-7-13-19,20-14-8-3-9-15-20)17-16-18-10-4-1-5-11-18/h1-15H,16-17H2/q+1. The predicted molar refractivity (Wildman–Crippen MR) is 99.9 cm³/mol. The molecule has 0 aliphatic rings. The van der Waals surface area contributed by atoms with Crippen molar-refractivity contribution in [1.82, 2.24) is 0 Å². The monoisotopic (exact) mass is 325 g/mol. The fourth-order valence-electron chi connectivity index (χ4n) is 2.66. The minimum Gasteiger partial charge on any atom is -0.0622 e. The highest BCUT2D eigenvalue weighted by Gasteiger charge is 2.41. The zero-order valence-electron chi connectivity index (χ0n) is 12.4. The lowest BCUT2D eigenvalue weighted by molar-refractivity contribution is 1.15. The summed E-state index contributed by atoms with van der Waals surface area (Å²) < 4.78 is 0. The van der Waals surface area contributed by atoms with E-state index in [1.54, 1.807) is 0 Å². The van der Waals surface area contributed by atoms with Crippen molar-refractivity contribution in [2.75, 3.05) is 6.16 Å². The fraction of sp³-hybridized carbons (Fsp3) is 0.100. The van der Waals surface area contributed by atoms with Crippen LogP contribution in [0.1, 0.15) is 5.56 Å². The Hall–Kier alpha value is -1.62. The first-order valence-electron chi connectivity index (χ1n) is 7.52. The van der Waals surface area contributed by atoms with E-state index in [0.29, 0.717) is 0 Å². The zero-order valence-corrected chi connectivity index (χ0v) is 14.1. The van der Waals surface area contributed by atoms with Crippen molar-refractivity contribution in [1.29, 1.82) is 0 Å². The third-order valence-electron chi connectivity index (χ3n) is 3.88. The minimum absolute atomic E-state index is 0.979. The molecule has 0 atom stereocenters. The normalized spacial score (nSPS) is 11.3. The van der Waals surface area contributed by atoms with Crippen molar-refractivity contribution in [3.05, 3.63) is 96.6 Å². The molecule has 0 bridgehead atoms. The zero-order chi connectivity index (χ0) is 15.3. The summed E-state index contributed by atoms with van der Waals surface area (Å²) >= 11 is 7.25. The van der Waals surface area contributed by atoms with E-state index in [9.17, 15) is 0 Å². The smallest absolute Gasteiger partial charge is 0.0622 e. The molecule has 0 radical (unpaired) electrons. The Morgan fingerprint density at radius 1 is 0.591 bits per heavy atom. The molecule has 0 saturated heterocycles. The molecule has 3 aromatic carbocycles. The van der Waals surface area contributed by atoms with Gasteiger partial charge in [0.05, 0.1) is 17.4 Å². The number of aryl methyl sites for hydroxylation is 1. The van der Waals surface area contributed by atoms with Gasteiger partial charge in [0.25, 0.3) is 0 Å². The lowest BCUT2D eigenvalue weighted by atomic mass is 10.2. The molecule has 0 amide bonds. The van der Waals surface area contributed by atoms with Crippen LogP contribution in [0.15, 0.2) is 91.0 Å². The van der Waals surface area contributed by atoms with Gasteiger partial charge in [-0.2, -0.15) is 0 Å². The number of rotatable bonds is 5. The lowest BCUT2D eigenvalue weighted by Crippen LogP contribution is -2.21. The average Bonchev–Trinajstić information content (AvgIpc) is 2.62. The van der Waals surface area contributed by atoms with Gasteiger partial charge in [-0.3, -0.25) is 0 Å². The second kappa shape index (κ2) is 7.09. The molecular formula is C20H19ClP+. The summed E-state index contributed by atoms with van der Waals surface area (Å²) in [7, 11) is 0. The summed E-state index contributed by atoms with van der Waals surface area (Å²) in [5.74, 6) is 0. The van der Waals surface area contributed by atoms with Crippen LogP contribution >= 0.6 is 17.9 Å². The van der Waals surface area contributed by atoms with Gasteiger partial charge >= 0.3 is 0 Å². The van der Waals surface area contributed by atoms with E-state index < -0.39 is 6.62 Å². The molecule has 0 saturated carbocycles. The molecule has 22 heavy (non-hydrogen) atoms. The van der Waals surface area contributed by atoms with Crippen molar-refractivity contribution >= 4 is 28.5 Å². The molecule has 0 spiro atoms. The van der Waals surface area contributed by atoms with E-state index in [-0.39, 0.29) is 0 Å². The van der Waals surface area contributed by atoms with E-state index in [4.69, 9.17) is 11.2 Å². The number of benzene rings is 3. The molecule has 0 aliphatic heterocycles. The Morgan fingerprint density at radius 3 is 1.45 bits per heavy atom. The molecule has 0 unspecified atom stereocenters. The van der Waals surface area contributed by atoms with E-state index in [0.717, 1.165) is 12.6 Å². The van der Waals surface area contributed by atoms with Gasteiger partial charge in [-0.15, -0.1) is 0 Å². The van der Waals surface area contributed by atoms with Crippen LogP contribution in [0.25, 0.3) is 0 Å². The van der Waals surface area contributed by atoms with Crippen LogP contribution in [-0.4, -0.2) is 6.16 Å². The average molecular weight is 326 g/mol. The number of halogens is 1. The molecule has 0 fully saturated rings. The van der Waals surface area contributed by atoms with Crippen molar-refractivity contribution in [2.45, 2.75) is 6.42 Å². The van der Waals surface area contributed by atoms with Gasteiger partial charge in [-0.25, -0.2) is 0 Å². The van der Waals surface area contributed by atoms with Crippen molar-refractivity contribution in [3.63, 3.8) is 0 Å². The summed E-state index contributed by atoms with van der Waals surface area (Å²) in [5.41, 5.74) is 1.35. The van der Waals surface area contributed by atoms with E-state index in [1.165, 1.54) is 16.2 Å².